The molecule has 0 aliphatic rings. The van der Waals surface area contributed by atoms with Crippen LogP contribution in [0.4, 0.5) is 11.4 Å². The molecule has 0 radical (unpaired) electrons. The van der Waals surface area contributed by atoms with Crippen LogP contribution < -0.4 is 10.2 Å². The minimum absolute atomic E-state index is 0.207. The lowest BCUT2D eigenvalue weighted by atomic mass is 10.1. The molecular weight excluding hydrogens is 314 g/mol. The predicted molar refractivity (Wildman–Crippen MR) is 98.9 cm³/mol. The molecule has 0 unspecified atom stereocenters. The van der Waals surface area contributed by atoms with Gasteiger partial charge in [0.15, 0.2) is 0 Å². The standard InChI is InChI=1S/C20H21N3O2/c1-14-19(15(2)25-22-14)20(24)21-17-9-11-18(12-10-17)23(3)13-16-7-5-4-6-8-16/h4-12H,13H2,1-3H3,(H,21,24). The Morgan fingerprint density at radius 3 is 2.36 bits per heavy atom. The minimum atomic E-state index is -0.207. The van der Waals surface area contributed by atoms with E-state index in [1.54, 1.807) is 13.8 Å². The Bertz CT molecular complexity index is 835. The zero-order chi connectivity index (χ0) is 17.8. The maximum absolute atomic E-state index is 12.4. The smallest absolute Gasteiger partial charge is 0.261 e. The Morgan fingerprint density at radius 2 is 1.76 bits per heavy atom. The van der Waals surface area contributed by atoms with Gasteiger partial charge in [0.2, 0.25) is 0 Å². The molecule has 3 aromatic rings. The lowest BCUT2D eigenvalue weighted by Crippen LogP contribution is -2.16. The minimum Gasteiger partial charge on any atom is -0.370 e. The Balaban J connectivity index is 1.67. The number of nitrogens with zero attached hydrogens (tertiary/aromatic N) is 2. The SMILES string of the molecule is Cc1noc(C)c1C(=O)Nc1ccc(N(C)Cc2ccccc2)cc1. The summed E-state index contributed by atoms with van der Waals surface area (Å²) < 4.78 is 5.04. The second-order valence-corrected chi connectivity index (χ2v) is 6.04. The number of anilines is 2. The first-order valence-corrected chi connectivity index (χ1v) is 8.14. The van der Waals surface area contributed by atoms with E-state index in [2.05, 4.69) is 27.5 Å². The van der Waals surface area contributed by atoms with Gasteiger partial charge < -0.3 is 14.7 Å². The van der Waals surface area contributed by atoms with Crippen molar-refractivity contribution < 1.29 is 9.32 Å². The van der Waals surface area contributed by atoms with Crippen LogP contribution in [0.25, 0.3) is 0 Å². The van der Waals surface area contributed by atoms with Crippen LogP contribution in [0, 0.1) is 13.8 Å². The van der Waals surface area contributed by atoms with Crippen LogP contribution in [0.2, 0.25) is 0 Å². The Hall–Kier alpha value is -3.08. The van der Waals surface area contributed by atoms with E-state index >= 15 is 0 Å². The molecule has 0 spiro atoms. The monoisotopic (exact) mass is 335 g/mol. The molecule has 0 saturated carbocycles. The topological polar surface area (TPSA) is 58.4 Å². The molecule has 1 amide bonds. The molecule has 1 aromatic heterocycles. The normalized spacial score (nSPS) is 10.5. The van der Waals surface area contributed by atoms with E-state index in [-0.39, 0.29) is 5.91 Å². The van der Waals surface area contributed by atoms with E-state index < -0.39 is 0 Å². The highest BCUT2D eigenvalue weighted by Crippen LogP contribution is 2.20. The van der Waals surface area contributed by atoms with Crippen LogP contribution in [0.5, 0.6) is 0 Å². The molecule has 0 aliphatic heterocycles. The number of carbonyl (C=O) groups is 1. The summed E-state index contributed by atoms with van der Waals surface area (Å²) in [6.07, 6.45) is 0. The maximum Gasteiger partial charge on any atom is 0.261 e. The van der Waals surface area contributed by atoms with E-state index in [1.807, 2.05) is 49.5 Å². The number of hydrogen-bond donors (Lipinski definition) is 1. The second kappa shape index (κ2) is 7.21. The van der Waals surface area contributed by atoms with Crippen LogP contribution in [0.3, 0.4) is 0 Å². The fourth-order valence-electron chi connectivity index (χ4n) is 2.75. The van der Waals surface area contributed by atoms with Gasteiger partial charge in [-0.25, -0.2) is 0 Å². The number of aromatic nitrogens is 1. The molecule has 0 atom stereocenters. The number of carbonyl (C=O) groups excluding carboxylic acids is 1. The summed E-state index contributed by atoms with van der Waals surface area (Å²) in [6, 6.07) is 18.1. The molecule has 1 heterocycles. The van der Waals surface area contributed by atoms with Crippen molar-refractivity contribution in [1.82, 2.24) is 5.16 Å². The van der Waals surface area contributed by atoms with Crippen LogP contribution in [0.15, 0.2) is 59.1 Å². The lowest BCUT2D eigenvalue weighted by molar-refractivity contribution is 0.102. The van der Waals surface area contributed by atoms with Crippen molar-refractivity contribution in [3.63, 3.8) is 0 Å². The molecule has 5 heteroatoms. The van der Waals surface area contributed by atoms with Gasteiger partial charge in [-0.3, -0.25) is 4.79 Å². The number of rotatable bonds is 5. The van der Waals surface area contributed by atoms with Crippen molar-refractivity contribution in [2.24, 2.45) is 0 Å². The fourth-order valence-corrected chi connectivity index (χ4v) is 2.75. The summed E-state index contributed by atoms with van der Waals surface area (Å²) in [4.78, 5) is 14.5. The molecule has 0 fully saturated rings. The quantitative estimate of drug-likeness (QED) is 0.760. The summed E-state index contributed by atoms with van der Waals surface area (Å²) in [6.45, 7) is 4.31. The molecule has 3 rings (SSSR count). The number of hydrogen-bond acceptors (Lipinski definition) is 4. The third-order valence-corrected chi connectivity index (χ3v) is 4.09. The first kappa shape index (κ1) is 16.8. The van der Waals surface area contributed by atoms with Gasteiger partial charge >= 0.3 is 0 Å². The van der Waals surface area contributed by atoms with Gasteiger partial charge in [-0.2, -0.15) is 0 Å². The highest BCUT2D eigenvalue weighted by atomic mass is 16.5. The third kappa shape index (κ3) is 3.88. The van der Waals surface area contributed by atoms with E-state index in [0.717, 1.165) is 17.9 Å². The second-order valence-electron chi connectivity index (χ2n) is 6.04. The number of benzene rings is 2. The molecule has 25 heavy (non-hydrogen) atoms. The Labute approximate surface area is 147 Å². The van der Waals surface area contributed by atoms with Crippen LogP contribution in [-0.2, 0) is 6.54 Å². The number of amides is 1. The first-order chi connectivity index (χ1) is 12.0. The molecule has 0 saturated heterocycles. The van der Waals surface area contributed by atoms with Gasteiger partial charge in [-0.1, -0.05) is 35.5 Å². The van der Waals surface area contributed by atoms with Gasteiger partial charge in [-0.15, -0.1) is 0 Å². The summed E-state index contributed by atoms with van der Waals surface area (Å²) >= 11 is 0. The van der Waals surface area contributed by atoms with Gasteiger partial charge in [0.05, 0.1) is 5.69 Å². The van der Waals surface area contributed by atoms with Crippen molar-refractivity contribution in [3.8, 4) is 0 Å². The van der Waals surface area contributed by atoms with Gasteiger partial charge in [-0.05, 0) is 43.7 Å². The van der Waals surface area contributed by atoms with Crippen LogP contribution >= 0.6 is 0 Å². The van der Waals surface area contributed by atoms with Crippen molar-refractivity contribution >= 4 is 17.3 Å². The van der Waals surface area contributed by atoms with Gasteiger partial charge in [0.25, 0.3) is 5.91 Å². The lowest BCUT2D eigenvalue weighted by Gasteiger charge is -2.19. The summed E-state index contributed by atoms with van der Waals surface area (Å²) in [5.74, 6) is 0.316. The largest absolute Gasteiger partial charge is 0.370 e. The zero-order valence-electron chi connectivity index (χ0n) is 14.6. The molecule has 5 nitrogen and oxygen atoms in total. The average Bonchev–Trinajstić information content (AvgIpc) is 2.95. The molecule has 2 aromatic carbocycles. The van der Waals surface area contributed by atoms with Crippen molar-refractivity contribution in [3.05, 3.63) is 77.2 Å². The number of aryl methyl sites for hydroxylation is 2. The van der Waals surface area contributed by atoms with Crippen molar-refractivity contribution in [2.45, 2.75) is 20.4 Å². The molecule has 0 bridgehead atoms. The van der Waals surface area contributed by atoms with Crippen molar-refractivity contribution in [2.75, 3.05) is 17.3 Å². The maximum atomic E-state index is 12.4. The molecular formula is C20H21N3O2. The van der Waals surface area contributed by atoms with Crippen molar-refractivity contribution in [1.29, 1.82) is 0 Å². The Kier molecular flexibility index (Phi) is 4.84. The molecule has 1 N–H and O–H groups in total. The average molecular weight is 335 g/mol. The first-order valence-electron chi connectivity index (χ1n) is 8.14. The summed E-state index contributed by atoms with van der Waals surface area (Å²) in [7, 11) is 2.05. The van der Waals surface area contributed by atoms with Crippen LogP contribution in [0.1, 0.15) is 27.4 Å². The number of nitrogens with one attached hydrogen (secondary N) is 1. The third-order valence-electron chi connectivity index (χ3n) is 4.09. The van der Waals surface area contributed by atoms with E-state index in [9.17, 15) is 4.79 Å². The van der Waals surface area contributed by atoms with E-state index in [4.69, 9.17) is 4.52 Å². The fraction of sp³-hybridized carbons (Fsp3) is 0.200. The predicted octanol–water partition coefficient (Wildman–Crippen LogP) is 4.18. The van der Waals surface area contributed by atoms with Gasteiger partial charge in [0, 0.05) is 25.0 Å². The van der Waals surface area contributed by atoms with Gasteiger partial charge in [0.1, 0.15) is 11.3 Å². The summed E-state index contributed by atoms with van der Waals surface area (Å²) in [5.41, 5.74) is 4.15. The Morgan fingerprint density at radius 1 is 1.08 bits per heavy atom. The molecule has 128 valence electrons. The van der Waals surface area contributed by atoms with E-state index in [0.29, 0.717) is 17.0 Å². The molecule has 0 aliphatic carbocycles. The van der Waals surface area contributed by atoms with Crippen LogP contribution in [-0.4, -0.2) is 18.1 Å². The summed E-state index contributed by atoms with van der Waals surface area (Å²) in [5, 5.41) is 6.70. The highest BCUT2D eigenvalue weighted by molar-refractivity contribution is 6.05. The zero-order valence-corrected chi connectivity index (χ0v) is 14.6. The highest BCUT2D eigenvalue weighted by Gasteiger charge is 2.17. The van der Waals surface area contributed by atoms with E-state index in [1.165, 1.54) is 5.56 Å².